The van der Waals surface area contributed by atoms with Crippen molar-refractivity contribution in [3.05, 3.63) is 58.9 Å². The van der Waals surface area contributed by atoms with E-state index in [0.717, 1.165) is 17.7 Å². The summed E-state index contributed by atoms with van der Waals surface area (Å²) in [5.41, 5.74) is 13.7. The second-order valence-corrected chi connectivity index (χ2v) is 11.7. The number of pyridine rings is 1. The normalized spacial score (nSPS) is 29.1. The third-order valence-electron chi connectivity index (χ3n) is 8.61. The third kappa shape index (κ3) is 4.31. The molecule has 1 fully saturated rings. The first-order valence-corrected chi connectivity index (χ1v) is 13.8. The maximum Gasteiger partial charge on any atom is 0.343 e. The molecule has 1 aromatic carbocycles. The van der Waals surface area contributed by atoms with Crippen LogP contribution in [0.15, 0.2) is 41.4 Å². The van der Waals surface area contributed by atoms with E-state index in [1.54, 1.807) is 23.1 Å². The van der Waals surface area contributed by atoms with Crippen molar-refractivity contribution in [1.29, 1.82) is 0 Å². The number of aromatic nitrogens is 1. The molecular weight excluding hydrogens is 526 g/mol. The van der Waals surface area contributed by atoms with E-state index in [4.69, 9.17) is 16.2 Å². The van der Waals surface area contributed by atoms with Gasteiger partial charge in [-0.2, -0.15) is 0 Å². The number of carbonyl (C=O) groups is 2. The van der Waals surface area contributed by atoms with Crippen LogP contribution in [0.5, 0.6) is 5.75 Å². The fourth-order valence-electron chi connectivity index (χ4n) is 6.44. The van der Waals surface area contributed by atoms with Gasteiger partial charge < -0.3 is 31.1 Å². The Balaban J connectivity index is 1.23. The molecule has 2 amide bonds. The van der Waals surface area contributed by atoms with Gasteiger partial charge in [0, 0.05) is 24.3 Å². The van der Waals surface area contributed by atoms with Gasteiger partial charge in [0.1, 0.15) is 23.6 Å². The number of fused-ring (bicyclic) bond motifs is 1. The first-order chi connectivity index (χ1) is 19.5. The molecule has 1 spiro atoms. The van der Waals surface area contributed by atoms with E-state index in [1.807, 2.05) is 25.1 Å². The van der Waals surface area contributed by atoms with Gasteiger partial charge in [0.05, 0.1) is 18.2 Å². The second-order valence-electron chi connectivity index (χ2n) is 11.7. The number of aliphatic hydroxyl groups is 1. The number of aliphatic imine (C=N–C) groups is 1. The Morgan fingerprint density at radius 1 is 1.22 bits per heavy atom. The maximum absolute atomic E-state index is 13.6. The van der Waals surface area contributed by atoms with Crippen molar-refractivity contribution in [2.24, 2.45) is 16.5 Å². The molecule has 1 aromatic heterocycles. The number of amides is 2. The summed E-state index contributed by atoms with van der Waals surface area (Å²) in [5.74, 6) is 0.261. The number of aryl methyl sites for hydroxylation is 1. The molecule has 13 nitrogen and oxygen atoms in total. The fourth-order valence-corrected chi connectivity index (χ4v) is 6.44. The topological polar surface area (TPSA) is 194 Å². The number of nitrogens with two attached hydrogens (primary N) is 2. The summed E-state index contributed by atoms with van der Waals surface area (Å²) in [4.78, 5) is 40.1. The van der Waals surface area contributed by atoms with Crippen molar-refractivity contribution in [3.63, 3.8) is 0 Å². The molecule has 2 unspecified atom stereocenters. The fraction of sp³-hybridized carbons (Fsp3) is 0.464. The smallest absolute Gasteiger partial charge is 0.343 e. The first kappa shape index (κ1) is 26.8. The van der Waals surface area contributed by atoms with Crippen molar-refractivity contribution < 1.29 is 24.4 Å². The highest BCUT2D eigenvalue weighted by Crippen LogP contribution is 2.41. The number of aliphatic hydroxyl groups excluding tert-OH is 1. The first-order valence-electron chi connectivity index (χ1n) is 13.8. The molecule has 13 heteroatoms. The summed E-state index contributed by atoms with van der Waals surface area (Å²) in [6.45, 7) is 6.90. The number of ether oxygens (including phenoxy) is 1. The minimum Gasteiger partial charge on any atom is -0.492 e. The highest BCUT2D eigenvalue weighted by atomic mass is 16.5. The predicted molar refractivity (Wildman–Crippen MR) is 150 cm³/mol. The molecule has 6 rings (SSSR count). The standard InChI is InChI=1S/C28H35N9O4/c1-14-6-4-9-17(32-14)24(40)31-12-18-21-28(36-25(29)35-21)22(38)19(13-37(28)26(30)34-18)33-23(39)15-7-5-8-16-20(15)41-11-10-27(16,2)3/h4-9,18-19,21-22,38H,10-13H2,1-3H3,(H2,30,34)(H,31,40)(H,33,39)(H3,29,35,36)/p+1/t18-,19+,21?,22+,28?/m0/s1. The van der Waals surface area contributed by atoms with E-state index in [0.29, 0.717) is 17.9 Å². The van der Waals surface area contributed by atoms with E-state index in [9.17, 15) is 14.7 Å². The van der Waals surface area contributed by atoms with Gasteiger partial charge in [0.25, 0.3) is 11.8 Å². The largest absolute Gasteiger partial charge is 0.492 e. The molecule has 5 atom stereocenters. The van der Waals surface area contributed by atoms with Gasteiger partial charge in [-0.3, -0.25) is 20.3 Å². The van der Waals surface area contributed by atoms with E-state index in [1.165, 1.54) is 0 Å². The summed E-state index contributed by atoms with van der Waals surface area (Å²) in [5, 5.41) is 20.8. The average molecular weight is 563 g/mol. The monoisotopic (exact) mass is 562 g/mol. The van der Waals surface area contributed by atoms with E-state index >= 15 is 0 Å². The van der Waals surface area contributed by atoms with Crippen LogP contribution >= 0.6 is 0 Å². The molecule has 0 saturated carbocycles. The van der Waals surface area contributed by atoms with Gasteiger partial charge in [-0.25, -0.2) is 15.3 Å². The van der Waals surface area contributed by atoms with Gasteiger partial charge in [-0.05, 0) is 37.0 Å². The average Bonchev–Trinajstić information content (AvgIpc) is 3.43. The highest BCUT2D eigenvalue weighted by molar-refractivity contribution is 5.98. The van der Waals surface area contributed by atoms with Crippen LogP contribution in [0.1, 0.15) is 52.4 Å². The summed E-state index contributed by atoms with van der Waals surface area (Å²) in [6, 6.07) is 8.92. The zero-order chi connectivity index (χ0) is 29.1. The van der Waals surface area contributed by atoms with Gasteiger partial charge in [0.15, 0.2) is 12.0 Å². The van der Waals surface area contributed by atoms with Crippen molar-refractivity contribution in [3.8, 4) is 5.75 Å². The van der Waals surface area contributed by atoms with Gasteiger partial charge >= 0.3 is 5.96 Å². The lowest BCUT2D eigenvalue weighted by Crippen LogP contribution is -2.88. The molecule has 4 aliphatic heterocycles. The Hall–Kier alpha value is -4.39. The summed E-state index contributed by atoms with van der Waals surface area (Å²) >= 11 is 0. The summed E-state index contributed by atoms with van der Waals surface area (Å²) < 4.78 is 5.94. The molecule has 1 saturated heterocycles. The van der Waals surface area contributed by atoms with Crippen molar-refractivity contribution in [2.45, 2.75) is 62.5 Å². The maximum atomic E-state index is 13.6. The number of hydrogen-bond donors (Lipinski definition) is 7. The Kier molecular flexibility index (Phi) is 6.29. The molecule has 0 radical (unpaired) electrons. The SMILES string of the molecule is Cc1cccc(C(=O)NC[C@@H]2N=C(N)N3C[C@@H](NC(=O)c4cccc5c4OCCC5(C)C)[C@@H](O)C34NC(N)=[NH+]C24)n1. The lowest BCUT2D eigenvalue weighted by molar-refractivity contribution is -0.513. The molecule has 0 aliphatic carbocycles. The molecular formula is C28H36N9O4+. The summed E-state index contributed by atoms with van der Waals surface area (Å²) in [6.07, 6.45) is -0.281. The molecule has 2 aromatic rings. The number of carbonyl (C=O) groups excluding carboxylic acids is 2. The zero-order valence-electron chi connectivity index (χ0n) is 23.3. The molecule has 9 N–H and O–H groups in total. The van der Waals surface area contributed by atoms with Crippen LogP contribution < -0.4 is 37.1 Å². The Labute approximate surface area is 237 Å². The lowest BCUT2D eigenvalue weighted by Gasteiger charge is -2.43. The van der Waals surface area contributed by atoms with Crippen LogP contribution in [0.4, 0.5) is 0 Å². The van der Waals surface area contributed by atoms with Gasteiger partial charge in [-0.1, -0.05) is 32.0 Å². The minimum atomic E-state index is -1.19. The predicted octanol–water partition coefficient (Wildman–Crippen LogP) is -2.58. The Bertz CT molecular complexity index is 1470. The number of nitrogens with one attached hydrogen (secondary N) is 4. The molecule has 216 valence electrons. The van der Waals surface area contributed by atoms with Crippen molar-refractivity contribution in [1.82, 2.24) is 25.8 Å². The molecule has 0 bridgehead atoms. The van der Waals surface area contributed by atoms with E-state index < -0.39 is 29.9 Å². The Morgan fingerprint density at radius 2 is 2.00 bits per heavy atom. The quantitative estimate of drug-likeness (QED) is 0.205. The molecule has 4 aliphatic rings. The number of para-hydroxylation sites is 1. The number of guanidine groups is 2. The number of nitrogens with zero attached hydrogens (tertiary/aromatic N) is 3. The minimum absolute atomic E-state index is 0.115. The van der Waals surface area contributed by atoms with E-state index in [2.05, 4.69) is 44.8 Å². The number of benzene rings is 1. The van der Waals surface area contributed by atoms with Gasteiger partial charge in [0.2, 0.25) is 5.66 Å². The van der Waals surface area contributed by atoms with Crippen molar-refractivity contribution >= 4 is 23.7 Å². The van der Waals surface area contributed by atoms with E-state index in [-0.39, 0.29) is 47.9 Å². The summed E-state index contributed by atoms with van der Waals surface area (Å²) in [7, 11) is 0. The highest BCUT2D eigenvalue weighted by Gasteiger charge is 2.68. The van der Waals surface area contributed by atoms with Crippen molar-refractivity contribution in [2.75, 3.05) is 19.7 Å². The zero-order valence-corrected chi connectivity index (χ0v) is 23.3. The van der Waals surface area contributed by atoms with Crippen LogP contribution in [0.2, 0.25) is 0 Å². The molecule has 41 heavy (non-hydrogen) atoms. The number of rotatable bonds is 5. The van der Waals surface area contributed by atoms with Crippen LogP contribution in [0.25, 0.3) is 0 Å². The van der Waals surface area contributed by atoms with Gasteiger partial charge in [-0.15, -0.1) is 0 Å². The third-order valence-corrected chi connectivity index (χ3v) is 8.61. The Morgan fingerprint density at radius 3 is 2.78 bits per heavy atom. The van der Waals surface area contributed by atoms with Crippen LogP contribution in [-0.2, 0) is 5.41 Å². The van der Waals surface area contributed by atoms with Crippen LogP contribution in [0.3, 0.4) is 0 Å². The molecule has 5 heterocycles. The number of hydrogen-bond acceptors (Lipinski definition) is 10. The van der Waals surface area contributed by atoms with Crippen LogP contribution in [-0.4, -0.2) is 88.3 Å². The lowest BCUT2D eigenvalue weighted by atomic mass is 9.79. The van der Waals surface area contributed by atoms with Crippen LogP contribution in [0, 0.1) is 6.92 Å². The second kappa shape index (κ2) is 9.61.